The molecule has 0 unspecified atom stereocenters. The minimum absolute atomic E-state index is 0.00573. The lowest BCUT2D eigenvalue weighted by Crippen LogP contribution is -2.49. The van der Waals surface area contributed by atoms with Gasteiger partial charge in [-0.25, -0.2) is 14.3 Å². The van der Waals surface area contributed by atoms with Gasteiger partial charge in [0.25, 0.3) is 11.5 Å². The Bertz CT molecular complexity index is 1000. The van der Waals surface area contributed by atoms with E-state index in [9.17, 15) is 9.59 Å². The summed E-state index contributed by atoms with van der Waals surface area (Å²) < 4.78 is 3.09. The number of rotatable bonds is 5. The summed E-state index contributed by atoms with van der Waals surface area (Å²) in [5.41, 5.74) is 0.394. The first-order chi connectivity index (χ1) is 13.6. The molecule has 28 heavy (non-hydrogen) atoms. The second-order valence-corrected chi connectivity index (χ2v) is 7.65. The van der Waals surface area contributed by atoms with Crippen LogP contribution in [0.5, 0.6) is 0 Å². The third-order valence-corrected chi connectivity index (χ3v) is 5.49. The zero-order valence-corrected chi connectivity index (χ0v) is 16.4. The van der Waals surface area contributed by atoms with E-state index in [0.717, 1.165) is 18.1 Å². The molecule has 146 valence electrons. The van der Waals surface area contributed by atoms with Crippen LogP contribution < -0.4 is 5.56 Å². The molecule has 4 heterocycles. The first-order valence-corrected chi connectivity index (χ1v) is 10.00. The first kappa shape index (κ1) is 18.5. The van der Waals surface area contributed by atoms with Crippen LogP contribution in [0.25, 0.3) is 5.82 Å². The molecule has 0 aromatic carbocycles. The molecule has 0 spiro atoms. The van der Waals surface area contributed by atoms with E-state index < -0.39 is 0 Å². The third kappa shape index (κ3) is 4.02. The summed E-state index contributed by atoms with van der Waals surface area (Å²) in [7, 11) is 0. The van der Waals surface area contributed by atoms with Crippen molar-refractivity contribution in [2.75, 3.05) is 32.7 Å². The molecule has 0 radical (unpaired) electrons. The predicted octanol–water partition coefficient (Wildman–Crippen LogP) is 0.652. The van der Waals surface area contributed by atoms with Crippen molar-refractivity contribution < 1.29 is 4.79 Å². The van der Waals surface area contributed by atoms with Crippen LogP contribution in [0, 0.1) is 6.92 Å². The summed E-state index contributed by atoms with van der Waals surface area (Å²) in [6.45, 7) is 5.94. The molecule has 3 aromatic rings. The molecular weight excluding hydrogens is 378 g/mol. The van der Waals surface area contributed by atoms with E-state index in [0.29, 0.717) is 37.7 Å². The minimum atomic E-state index is -0.136. The van der Waals surface area contributed by atoms with Crippen molar-refractivity contribution in [3.63, 3.8) is 0 Å². The number of aryl methyl sites for hydroxylation is 1. The molecule has 1 saturated heterocycles. The number of carbonyl (C=O) groups excluding carboxylic acids is 1. The Balaban J connectivity index is 1.33. The van der Waals surface area contributed by atoms with E-state index in [-0.39, 0.29) is 11.5 Å². The van der Waals surface area contributed by atoms with Crippen LogP contribution >= 0.6 is 11.3 Å². The van der Waals surface area contributed by atoms with E-state index in [1.807, 2.05) is 23.3 Å². The second kappa shape index (κ2) is 8.03. The van der Waals surface area contributed by atoms with Gasteiger partial charge in [0.05, 0.1) is 11.6 Å². The number of carbonyl (C=O) groups is 1. The molecule has 3 aromatic heterocycles. The van der Waals surface area contributed by atoms with Crippen molar-refractivity contribution in [2.24, 2.45) is 0 Å². The van der Waals surface area contributed by atoms with Gasteiger partial charge in [0.15, 0.2) is 5.82 Å². The summed E-state index contributed by atoms with van der Waals surface area (Å²) in [5.74, 6) is 0.604. The normalized spacial score (nSPS) is 15.1. The molecule has 0 atom stereocenters. The maximum absolute atomic E-state index is 12.5. The molecule has 4 rings (SSSR count). The average molecular weight is 399 g/mol. The van der Waals surface area contributed by atoms with Crippen LogP contribution in [-0.2, 0) is 6.54 Å². The van der Waals surface area contributed by atoms with Gasteiger partial charge < -0.3 is 4.90 Å². The standard InChI is InChI=1S/C18H21N7O2S/c1-14-20-15(13-28-14)18(27)23-10-7-22(8-11-23)9-12-25-17(26)4-3-16(21-25)24-6-2-5-19-24/h2-6,13H,7-12H2,1H3. The number of hydrogen-bond acceptors (Lipinski definition) is 7. The van der Waals surface area contributed by atoms with Gasteiger partial charge in [0.2, 0.25) is 0 Å². The highest BCUT2D eigenvalue weighted by Crippen LogP contribution is 2.12. The number of amides is 1. The summed E-state index contributed by atoms with van der Waals surface area (Å²) in [6, 6.07) is 4.98. The monoisotopic (exact) mass is 399 g/mol. The van der Waals surface area contributed by atoms with Gasteiger partial charge in [0, 0.05) is 56.6 Å². The topological polar surface area (TPSA) is 89.2 Å². The Morgan fingerprint density at radius 2 is 2.00 bits per heavy atom. The third-order valence-electron chi connectivity index (χ3n) is 4.72. The lowest BCUT2D eigenvalue weighted by atomic mass is 10.3. The molecule has 9 nitrogen and oxygen atoms in total. The maximum Gasteiger partial charge on any atom is 0.273 e. The molecule has 0 N–H and O–H groups in total. The van der Waals surface area contributed by atoms with Gasteiger partial charge in [-0.05, 0) is 19.1 Å². The molecular formula is C18H21N7O2S. The van der Waals surface area contributed by atoms with Crippen LogP contribution in [0.3, 0.4) is 0 Å². The number of nitrogens with zero attached hydrogens (tertiary/aromatic N) is 7. The van der Waals surface area contributed by atoms with Crippen molar-refractivity contribution in [1.82, 2.24) is 34.3 Å². The Morgan fingerprint density at radius 3 is 2.68 bits per heavy atom. The highest BCUT2D eigenvalue weighted by atomic mass is 32.1. The zero-order chi connectivity index (χ0) is 19.5. The summed E-state index contributed by atoms with van der Waals surface area (Å²) in [5, 5.41) is 11.3. The quantitative estimate of drug-likeness (QED) is 0.626. The number of aromatic nitrogens is 5. The van der Waals surface area contributed by atoms with Gasteiger partial charge in [-0.3, -0.25) is 14.5 Å². The van der Waals surface area contributed by atoms with Gasteiger partial charge in [-0.2, -0.15) is 5.10 Å². The highest BCUT2D eigenvalue weighted by Gasteiger charge is 2.23. The molecule has 10 heteroatoms. The van der Waals surface area contributed by atoms with Crippen molar-refractivity contribution in [3.8, 4) is 5.82 Å². The van der Waals surface area contributed by atoms with E-state index in [1.54, 1.807) is 23.1 Å². The summed E-state index contributed by atoms with van der Waals surface area (Å²) >= 11 is 1.49. The molecule has 0 aliphatic carbocycles. The van der Waals surface area contributed by atoms with Crippen LogP contribution in [0.4, 0.5) is 0 Å². The largest absolute Gasteiger partial charge is 0.335 e. The van der Waals surface area contributed by atoms with Gasteiger partial charge in [-0.15, -0.1) is 16.4 Å². The van der Waals surface area contributed by atoms with Crippen molar-refractivity contribution in [1.29, 1.82) is 0 Å². The van der Waals surface area contributed by atoms with Crippen LogP contribution in [0.2, 0.25) is 0 Å². The lowest BCUT2D eigenvalue weighted by molar-refractivity contribution is 0.0626. The van der Waals surface area contributed by atoms with Gasteiger partial charge in [0.1, 0.15) is 5.69 Å². The Hall–Kier alpha value is -2.85. The van der Waals surface area contributed by atoms with Crippen molar-refractivity contribution in [2.45, 2.75) is 13.5 Å². The fourth-order valence-electron chi connectivity index (χ4n) is 3.16. The molecule has 0 saturated carbocycles. The predicted molar refractivity (Wildman–Crippen MR) is 105 cm³/mol. The summed E-state index contributed by atoms with van der Waals surface area (Å²) in [6.07, 6.45) is 3.46. The molecule has 1 aliphatic rings. The number of hydrogen-bond donors (Lipinski definition) is 0. The number of piperazine rings is 1. The van der Waals surface area contributed by atoms with E-state index >= 15 is 0 Å². The zero-order valence-electron chi connectivity index (χ0n) is 15.6. The van der Waals surface area contributed by atoms with Crippen LogP contribution in [-0.4, -0.2) is 73.0 Å². The van der Waals surface area contributed by atoms with Crippen molar-refractivity contribution in [3.05, 3.63) is 57.0 Å². The smallest absolute Gasteiger partial charge is 0.273 e. The van der Waals surface area contributed by atoms with Gasteiger partial charge >= 0.3 is 0 Å². The Kier molecular flexibility index (Phi) is 5.31. The second-order valence-electron chi connectivity index (χ2n) is 6.59. The van der Waals surface area contributed by atoms with Crippen molar-refractivity contribution >= 4 is 17.2 Å². The average Bonchev–Trinajstić information content (AvgIpc) is 3.39. The Labute approximate surface area is 165 Å². The number of thiazole rings is 1. The fourth-order valence-corrected chi connectivity index (χ4v) is 3.75. The molecule has 1 amide bonds. The molecule has 1 aliphatic heterocycles. The molecule has 1 fully saturated rings. The van der Waals surface area contributed by atoms with E-state index in [2.05, 4.69) is 20.1 Å². The minimum Gasteiger partial charge on any atom is -0.335 e. The van der Waals surface area contributed by atoms with E-state index in [1.165, 1.54) is 22.1 Å². The lowest BCUT2D eigenvalue weighted by Gasteiger charge is -2.34. The van der Waals surface area contributed by atoms with Crippen LogP contribution in [0.1, 0.15) is 15.5 Å². The SMILES string of the molecule is Cc1nc(C(=O)N2CCN(CCn3nc(-n4cccn4)ccc3=O)CC2)cs1. The Morgan fingerprint density at radius 1 is 1.18 bits per heavy atom. The molecule has 0 bridgehead atoms. The highest BCUT2D eigenvalue weighted by molar-refractivity contribution is 7.09. The van der Waals surface area contributed by atoms with Crippen LogP contribution in [0.15, 0.2) is 40.8 Å². The van der Waals surface area contributed by atoms with Gasteiger partial charge in [-0.1, -0.05) is 0 Å². The maximum atomic E-state index is 12.5. The fraction of sp³-hybridized carbons (Fsp3) is 0.389. The summed E-state index contributed by atoms with van der Waals surface area (Å²) in [4.78, 5) is 33.0. The first-order valence-electron chi connectivity index (χ1n) is 9.12. The van der Waals surface area contributed by atoms with E-state index in [4.69, 9.17) is 0 Å².